The van der Waals surface area contributed by atoms with Gasteiger partial charge in [0.1, 0.15) is 5.82 Å². The zero-order valence-electron chi connectivity index (χ0n) is 7.53. The fraction of sp³-hybridized carbons (Fsp3) is 0.375. The van der Waals surface area contributed by atoms with E-state index in [1.165, 1.54) is 6.07 Å². The lowest BCUT2D eigenvalue weighted by atomic mass is 9.79. The Balaban J connectivity index is 3.11. The van der Waals surface area contributed by atoms with Gasteiger partial charge in [0.2, 0.25) is 0 Å². The van der Waals surface area contributed by atoms with Crippen LogP contribution in [0.15, 0.2) is 12.3 Å². The summed E-state index contributed by atoms with van der Waals surface area (Å²) >= 11 is 0. The lowest BCUT2D eigenvalue weighted by Gasteiger charge is -2.07. The Morgan fingerprint density at radius 3 is 2.54 bits per heavy atom. The first-order chi connectivity index (χ1) is 6.02. The third-order valence-corrected chi connectivity index (χ3v) is 1.78. The molecule has 0 bridgehead atoms. The van der Waals surface area contributed by atoms with Gasteiger partial charge in [0.25, 0.3) is 0 Å². The summed E-state index contributed by atoms with van der Waals surface area (Å²) < 4.78 is 12.9. The van der Waals surface area contributed by atoms with Gasteiger partial charge in [0, 0.05) is 11.2 Å². The summed E-state index contributed by atoms with van der Waals surface area (Å²) in [6, 6.07) is 1.37. The summed E-state index contributed by atoms with van der Waals surface area (Å²) in [6.07, 6.45) is 1.00. The lowest BCUT2D eigenvalue weighted by molar-refractivity contribution is 0.422. The van der Waals surface area contributed by atoms with Gasteiger partial charge in [-0.1, -0.05) is 13.8 Å². The molecular weight excluding hydrogens is 172 g/mol. The molecule has 0 aliphatic heterocycles. The summed E-state index contributed by atoms with van der Waals surface area (Å²) in [5.41, 5.74) is 0.517. The van der Waals surface area contributed by atoms with Crippen LogP contribution in [0.2, 0.25) is 0 Å². The third-order valence-electron chi connectivity index (χ3n) is 1.78. The Bertz CT molecular complexity index is 304. The van der Waals surface area contributed by atoms with E-state index < -0.39 is 12.9 Å². The van der Waals surface area contributed by atoms with Crippen molar-refractivity contribution >= 4 is 12.6 Å². The molecule has 1 aromatic heterocycles. The smallest absolute Gasteiger partial charge is 0.423 e. The molecule has 0 spiro atoms. The maximum absolute atomic E-state index is 12.9. The zero-order chi connectivity index (χ0) is 10.0. The van der Waals surface area contributed by atoms with Crippen molar-refractivity contribution in [3.05, 3.63) is 23.8 Å². The van der Waals surface area contributed by atoms with E-state index in [-0.39, 0.29) is 11.4 Å². The quantitative estimate of drug-likeness (QED) is 0.635. The fourth-order valence-corrected chi connectivity index (χ4v) is 0.985. The lowest BCUT2D eigenvalue weighted by Crippen LogP contribution is -2.33. The van der Waals surface area contributed by atoms with Gasteiger partial charge < -0.3 is 10.0 Å². The Kier molecular flexibility index (Phi) is 3.00. The van der Waals surface area contributed by atoms with E-state index in [2.05, 4.69) is 4.98 Å². The van der Waals surface area contributed by atoms with Crippen molar-refractivity contribution in [2.75, 3.05) is 0 Å². The van der Waals surface area contributed by atoms with E-state index >= 15 is 0 Å². The molecule has 1 heterocycles. The summed E-state index contributed by atoms with van der Waals surface area (Å²) in [5.74, 6) is -0.558. The molecule has 3 nitrogen and oxygen atoms in total. The molecule has 0 unspecified atom stereocenters. The van der Waals surface area contributed by atoms with Crippen LogP contribution < -0.4 is 5.46 Å². The average molecular weight is 183 g/mol. The molecule has 0 saturated heterocycles. The predicted octanol–water partition coefficient (Wildman–Crippen LogP) is 0.0239. The van der Waals surface area contributed by atoms with E-state index in [1.54, 1.807) is 0 Å². The second kappa shape index (κ2) is 3.85. The van der Waals surface area contributed by atoms with E-state index in [0.717, 1.165) is 6.20 Å². The Hall–Kier alpha value is -0.935. The molecule has 0 atom stereocenters. The minimum absolute atomic E-state index is 0.126. The molecule has 5 heteroatoms. The van der Waals surface area contributed by atoms with Crippen LogP contribution in [-0.4, -0.2) is 22.2 Å². The molecule has 70 valence electrons. The van der Waals surface area contributed by atoms with Crippen LogP contribution >= 0.6 is 0 Å². The molecule has 0 aliphatic rings. The van der Waals surface area contributed by atoms with Crippen LogP contribution in [0.1, 0.15) is 25.5 Å². The zero-order valence-corrected chi connectivity index (χ0v) is 7.53. The first-order valence-corrected chi connectivity index (χ1v) is 4.04. The number of rotatable bonds is 2. The average Bonchev–Trinajstić information content (AvgIpc) is 2.04. The molecule has 0 aliphatic carbocycles. The van der Waals surface area contributed by atoms with Crippen LogP contribution in [0.3, 0.4) is 0 Å². The van der Waals surface area contributed by atoms with Crippen LogP contribution in [0.4, 0.5) is 4.39 Å². The highest BCUT2D eigenvalue weighted by Gasteiger charge is 2.18. The first kappa shape index (κ1) is 10.1. The summed E-state index contributed by atoms with van der Waals surface area (Å²) in [4.78, 5) is 3.82. The van der Waals surface area contributed by atoms with Gasteiger partial charge >= 0.3 is 7.12 Å². The van der Waals surface area contributed by atoms with Gasteiger partial charge in [0.05, 0.1) is 6.20 Å². The highest BCUT2D eigenvalue weighted by molar-refractivity contribution is 6.58. The van der Waals surface area contributed by atoms with Crippen molar-refractivity contribution in [1.29, 1.82) is 0 Å². The van der Waals surface area contributed by atoms with Crippen LogP contribution in [-0.2, 0) is 0 Å². The topological polar surface area (TPSA) is 53.4 Å². The monoisotopic (exact) mass is 183 g/mol. The van der Waals surface area contributed by atoms with Crippen LogP contribution in [0.5, 0.6) is 0 Å². The summed E-state index contributed by atoms with van der Waals surface area (Å²) in [5, 5.41) is 17.6. The third kappa shape index (κ3) is 2.26. The van der Waals surface area contributed by atoms with Gasteiger partial charge in [-0.25, -0.2) is 4.39 Å². The maximum atomic E-state index is 12.9. The van der Waals surface area contributed by atoms with Gasteiger partial charge in [-0.05, 0) is 12.0 Å². The SMILES string of the molecule is CC(C)c1cc(B(O)O)c(F)cn1. The highest BCUT2D eigenvalue weighted by Crippen LogP contribution is 2.09. The fourth-order valence-electron chi connectivity index (χ4n) is 0.985. The molecule has 0 amide bonds. The van der Waals surface area contributed by atoms with Crippen molar-refractivity contribution in [3.8, 4) is 0 Å². The second-order valence-electron chi connectivity index (χ2n) is 3.16. The van der Waals surface area contributed by atoms with E-state index in [0.29, 0.717) is 5.69 Å². The molecule has 2 N–H and O–H groups in total. The molecule has 0 radical (unpaired) electrons. The van der Waals surface area contributed by atoms with Crippen molar-refractivity contribution in [3.63, 3.8) is 0 Å². The molecule has 0 aromatic carbocycles. The summed E-state index contributed by atoms with van der Waals surface area (Å²) in [6.45, 7) is 3.79. The normalized spacial score (nSPS) is 10.6. The molecule has 0 saturated carbocycles. The van der Waals surface area contributed by atoms with Crippen molar-refractivity contribution in [1.82, 2.24) is 4.98 Å². The van der Waals surface area contributed by atoms with Crippen molar-refractivity contribution in [2.45, 2.75) is 19.8 Å². The number of hydrogen-bond acceptors (Lipinski definition) is 3. The standard InChI is InChI=1S/C8H11BFNO2/c1-5(2)8-3-6(9(12)13)7(10)4-11-8/h3-5,12-13H,1-2H3. The molecule has 0 fully saturated rings. The number of hydrogen-bond donors (Lipinski definition) is 2. The van der Waals surface area contributed by atoms with Crippen molar-refractivity contribution in [2.24, 2.45) is 0 Å². The Morgan fingerprint density at radius 2 is 2.08 bits per heavy atom. The number of pyridine rings is 1. The van der Waals surface area contributed by atoms with E-state index in [9.17, 15) is 4.39 Å². The molecule has 13 heavy (non-hydrogen) atoms. The van der Waals surface area contributed by atoms with Gasteiger partial charge in [0.15, 0.2) is 0 Å². The van der Waals surface area contributed by atoms with Crippen molar-refractivity contribution < 1.29 is 14.4 Å². The predicted molar refractivity (Wildman–Crippen MR) is 48.1 cm³/mol. The minimum atomic E-state index is -1.78. The highest BCUT2D eigenvalue weighted by atomic mass is 19.1. The van der Waals surface area contributed by atoms with Gasteiger partial charge in [-0.2, -0.15) is 0 Å². The molecular formula is C8H11BFNO2. The number of nitrogens with zero attached hydrogens (tertiary/aromatic N) is 1. The van der Waals surface area contributed by atoms with Gasteiger partial charge in [-0.3, -0.25) is 4.98 Å². The van der Waals surface area contributed by atoms with Gasteiger partial charge in [-0.15, -0.1) is 0 Å². The number of aromatic nitrogens is 1. The van der Waals surface area contributed by atoms with Crippen LogP contribution in [0, 0.1) is 5.82 Å². The molecule has 1 aromatic rings. The minimum Gasteiger partial charge on any atom is -0.423 e. The summed E-state index contributed by atoms with van der Waals surface area (Å²) in [7, 11) is -1.78. The maximum Gasteiger partial charge on any atom is 0.491 e. The second-order valence-corrected chi connectivity index (χ2v) is 3.16. The molecule has 1 rings (SSSR count). The first-order valence-electron chi connectivity index (χ1n) is 4.04. The number of halogens is 1. The van der Waals surface area contributed by atoms with E-state index in [4.69, 9.17) is 10.0 Å². The van der Waals surface area contributed by atoms with E-state index in [1.807, 2.05) is 13.8 Å². The Labute approximate surface area is 76.4 Å². The van der Waals surface area contributed by atoms with Crippen LogP contribution in [0.25, 0.3) is 0 Å². The Morgan fingerprint density at radius 1 is 1.46 bits per heavy atom. The largest absolute Gasteiger partial charge is 0.491 e.